The number of nitrogens with one attached hydrogen (secondary N) is 1. The number of likely N-dealkylation sites (N-methyl/N-ethyl adjacent to an activating group) is 1. The molecule has 0 aliphatic carbocycles. The van der Waals surface area contributed by atoms with E-state index in [4.69, 9.17) is 0 Å². The fraction of sp³-hybridized carbons (Fsp3) is 0.429. The second-order valence-corrected chi connectivity index (χ2v) is 4.92. The zero-order valence-corrected chi connectivity index (χ0v) is 11.7. The van der Waals surface area contributed by atoms with Crippen molar-refractivity contribution in [2.45, 2.75) is 19.9 Å². The molecule has 1 heterocycles. The van der Waals surface area contributed by atoms with Crippen LogP contribution < -0.4 is 10.2 Å². The summed E-state index contributed by atoms with van der Waals surface area (Å²) in [6.45, 7) is 4.51. The highest BCUT2D eigenvalue weighted by Crippen LogP contribution is 2.36. The van der Waals surface area contributed by atoms with E-state index in [-0.39, 0.29) is 11.9 Å². The molecule has 1 aromatic carbocycles. The number of hydrogen-bond donors (Lipinski definition) is 1. The molecule has 0 saturated carbocycles. The molecular weight excluding hydrogens is 242 g/mol. The zero-order chi connectivity index (χ0) is 14.2. The lowest BCUT2D eigenvalue weighted by atomic mass is 10.1. The summed E-state index contributed by atoms with van der Waals surface area (Å²) in [5, 5.41) is 2.77. The maximum absolute atomic E-state index is 12.4. The fourth-order valence-electron chi connectivity index (χ4n) is 2.28. The molecule has 0 saturated heterocycles. The van der Waals surface area contributed by atoms with Gasteiger partial charge < -0.3 is 15.1 Å². The van der Waals surface area contributed by atoms with Crippen LogP contribution in [0.1, 0.15) is 24.1 Å². The van der Waals surface area contributed by atoms with Gasteiger partial charge in [0.1, 0.15) is 6.04 Å². The summed E-state index contributed by atoms with van der Waals surface area (Å²) in [4.78, 5) is 27.3. The van der Waals surface area contributed by atoms with Crippen molar-refractivity contribution in [3.63, 3.8) is 0 Å². The number of nitrogens with zero attached hydrogens (tertiary/aromatic N) is 2. The van der Waals surface area contributed by atoms with Crippen LogP contribution in [-0.4, -0.2) is 37.5 Å². The van der Waals surface area contributed by atoms with Crippen molar-refractivity contribution < 1.29 is 9.59 Å². The maximum atomic E-state index is 12.4. The van der Waals surface area contributed by atoms with Gasteiger partial charge in [0.05, 0.1) is 0 Å². The average Bonchev–Trinajstić information content (AvgIpc) is 2.61. The van der Waals surface area contributed by atoms with E-state index in [1.807, 2.05) is 32.0 Å². The summed E-state index contributed by atoms with van der Waals surface area (Å²) >= 11 is 0. The predicted molar refractivity (Wildman–Crippen MR) is 74.2 cm³/mol. The third kappa shape index (κ3) is 2.28. The molecular formula is C14H19N3O2. The summed E-state index contributed by atoms with van der Waals surface area (Å²) in [6.07, 6.45) is 0. The number of aryl methyl sites for hydroxylation is 1. The summed E-state index contributed by atoms with van der Waals surface area (Å²) < 4.78 is 0. The first-order valence-electron chi connectivity index (χ1n) is 6.35. The van der Waals surface area contributed by atoms with Crippen LogP contribution in [0.5, 0.6) is 0 Å². The smallest absolute Gasteiger partial charge is 0.317 e. The molecule has 1 aliphatic rings. The first-order valence-corrected chi connectivity index (χ1v) is 6.35. The average molecular weight is 261 g/mol. The molecule has 0 radical (unpaired) electrons. The lowest BCUT2D eigenvalue weighted by molar-refractivity contribution is -0.119. The van der Waals surface area contributed by atoms with Crippen LogP contribution in [0, 0.1) is 6.92 Å². The SMILES string of the molecule is CCN1C(=O)C(NC(=O)N(C)C)c2cc(C)ccc21. The number of amides is 3. The number of benzene rings is 1. The predicted octanol–water partition coefficient (Wildman–Crippen LogP) is 1.67. The minimum Gasteiger partial charge on any atom is -0.331 e. The quantitative estimate of drug-likeness (QED) is 0.880. The van der Waals surface area contributed by atoms with Crippen LogP contribution in [0.15, 0.2) is 18.2 Å². The van der Waals surface area contributed by atoms with Crippen molar-refractivity contribution in [3.8, 4) is 0 Å². The van der Waals surface area contributed by atoms with Gasteiger partial charge in [0, 0.05) is 31.9 Å². The topological polar surface area (TPSA) is 52.7 Å². The minimum absolute atomic E-state index is 0.0710. The van der Waals surface area contributed by atoms with Crippen LogP contribution in [0.25, 0.3) is 0 Å². The van der Waals surface area contributed by atoms with E-state index in [0.717, 1.165) is 16.8 Å². The number of rotatable bonds is 2. The lowest BCUT2D eigenvalue weighted by Gasteiger charge is -2.18. The summed E-state index contributed by atoms with van der Waals surface area (Å²) in [5.41, 5.74) is 2.85. The highest BCUT2D eigenvalue weighted by atomic mass is 16.2. The Labute approximate surface area is 113 Å². The molecule has 0 bridgehead atoms. The number of fused-ring (bicyclic) bond motifs is 1. The molecule has 0 aromatic heterocycles. The Morgan fingerprint density at radius 3 is 2.68 bits per heavy atom. The molecule has 1 aromatic rings. The van der Waals surface area contributed by atoms with Crippen LogP contribution in [0.2, 0.25) is 0 Å². The van der Waals surface area contributed by atoms with Gasteiger partial charge in [-0.2, -0.15) is 0 Å². The zero-order valence-electron chi connectivity index (χ0n) is 11.7. The molecule has 0 fully saturated rings. The summed E-state index contributed by atoms with van der Waals surface area (Å²) in [7, 11) is 3.31. The minimum atomic E-state index is -0.579. The standard InChI is InChI=1S/C14H19N3O2/c1-5-17-11-7-6-9(2)8-10(11)12(13(17)18)15-14(19)16(3)4/h6-8,12H,5H2,1-4H3,(H,15,19). The molecule has 1 unspecified atom stereocenters. The van der Waals surface area contributed by atoms with E-state index in [9.17, 15) is 9.59 Å². The van der Waals surface area contributed by atoms with Crippen molar-refractivity contribution in [2.75, 3.05) is 25.5 Å². The first kappa shape index (κ1) is 13.4. The van der Waals surface area contributed by atoms with Gasteiger partial charge in [-0.05, 0) is 19.9 Å². The van der Waals surface area contributed by atoms with Gasteiger partial charge in [-0.1, -0.05) is 17.7 Å². The van der Waals surface area contributed by atoms with Gasteiger partial charge in [0.25, 0.3) is 5.91 Å². The molecule has 3 amide bonds. The Morgan fingerprint density at radius 2 is 2.11 bits per heavy atom. The van der Waals surface area contributed by atoms with Crippen molar-refractivity contribution in [1.29, 1.82) is 0 Å². The Kier molecular flexibility index (Phi) is 3.46. The van der Waals surface area contributed by atoms with Crippen molar-refractivity contribution in [3.05, 3.63) is 29.3 Å². The molecule has 1 aliphatic heterocycles. The van der Waals surface area contributed by atoms with E-state index >= 15 is 0 Å². The molecule has 5 heteroatoms. The van der Waals surface area contributed by atoms with Gasteiger partial charge in [-0.25, -0.2) is 4.79 Å². The largest absolute Gasteiger partial charge is 0.331 e. The van der Waals surface area contributed by atoms with Crippen LogP contribution >= 0.6 is 0 Å². The third-order valence-electron chi connectivity index (χ3n) is 3.29. The maximum Gasteiger partial charge on any atom is 0.317 e. The monoisotopic (exact) mass is 261 g/mol. The normalized spacial score (nSPS) is 17.4. The highest BCUT2D eigenvalue weighted by Gasteiger charge is 2.37. The molecule has 19 heavy (non-hydrogen) atoms. The second kappa shape index (κ2) is 4.91. The van der Waals surface area contributed by atoms with Gasteiger partial charge in [-0.3, -0.25) is 4.79 Å². The number of carbonyl (C=O) groups excluding carboxylic acids is 2. The molecule has 1 atom stereocenters. The van der Waals surface area contributed by atoms with E-state index in [0.29, 0.717) is 6.54 Å². The Hall–Kier alpha value is -2.04. The van der Waals surface area contributed by atoms with Crippen molar-refractivity contribution in [2.24, 2.45) is 0 Å². The van der Waals surface area contributed by atoms with E-state index < -0.39 is 6.04 Å². The van der Waals surface area contributed by atoms with Gasteiger partial charge >= 0.3 is 6.03 Å². The molecule has 102 valence electrons. The third-order valence-corrected chi connectivity index (χ3v) is 3.29. The summed E-state index contributed by atoms with van der Waals surface area (Å²) in [6, 6.07) is 5.04. The van der Waals surface area contributed by atoms with Crippen LogP contribution in [0.4, 0.5) is 10.5 Å². The van der Waals surface area contributed by atoms with Gasteiger partial charge in [-0.15, -0.1) is 0 Å². The van der Waals surface area contributed by atoms with E-state index in [2.05, 4.69) is 5.32 Å². The number of anilines is 1. The number of urea groups is 1. The van der Waals surface area contributed by atoms with Crippen molar-refractivity contribution >= 4 is 17.6 Å². The molecule has 1 N–H and O–H groups in total. The Bertz CT molecular complexity index is 525. The molecule has 0 spiro atoms. The van der Waals surface area contributed by atoms with Crippen LogP contribution in [0.3, 0.4) is 0 Å². The Morgan fingerprint density at radius 1 is 1.42 bits per heavy atom. The molecule has 2 rings (SSSR count). The van der Waals surface area contributed by atoms with E-state index in [1.54, 1.807) is 19.0 Å². The Balaban J connectivity index is 2.38. The fourth-order valence-corrected chi connectivity index (χ4v) is 2.28. The van der Waals surface area contributed by atoms with Gasteiger partial charge in [0.2, 0.25) is 0 Å². The number of hydrogen-bond acceptors (Lipinski definition) is 2. The lowest BCUT2D eigenvalue weighted by Crippen LogP contribution is -2.41. The van der Waals surface area contributed by atoms with Gasteiger partial charge in [0.15, 0.2) is 0 Å². The first-order chi connectivity index (χ1) is 8.95. The van der Waals surface area contributed by atoms with Crippen molar-refractivity contribution in [1.82, 2.24) is 10.2 Å². The van der Waals surface area contributed by atoms with Crippen LogP contribution in [-0.2, 0) is 4.79 Å². The highest BCUT2D eigenvalue weighted by molar-refractivity contribution is 6.06. The second-order valence-electron chi connectivity index (χ2n) is 4.92. The van der Waals surface area contributed by atoms with E-state index in [1.165, 1.54) is 4.90 Å². The molecule has 5 nitrogen and oxygen atoms in total. The summed E-state index contributed by atoms with van der Waals surface area (Å²) in [5.74, 6) is -0.0710. The number of carbonyl (C=O) groups is 2.